The SMILES string of the molecule is CC12CCC(=O)C=C1CCC1C2[C@@H](O)CC2(C)C1CC[C@]2(OC(=O)c1ccco1)C(=O)SCc1nc2ncccc2o1. The fraction of sp³-hybridized carbons (Fsp3) is 0.531. The lowest BCUT2D eigenvalue weighted by atomic mass is 9.45. The first-order valence-electron chi connectivity index (χ1n) is 14.7. The highest BCUT2D eigenvalue weighted by atomic mass is 32.2. The van der Waals surface area contributed by atoms with Gasteiger partial charge in [0, 0.05) is 18.0 Å². The maximum Gasteiger partial charge on any atom is 0.375 e. The largest absolute Gasteiger partial charge is 0.457 e. The van der Waals surface area contributed by atoms with E-state index >= 15 is 0 Å². The zero-order valence-electron chi connectivity index (χ0n) is 23.7. The second kappa shape index (κ2) is 9.91. The molecule has 5 unspecified atom stereocenters. The van der Waals surface area contributed by atoms with Crippen LogP contribution in [0.3, 0.4) is 0 Å². The van der Waals surface area contributed by atoms with Crippen LogP contribution in [0.5, 0.6) is 0 Å². The van der Waals surface area contributed by atoms with Gasteiger partial charge in [0.05, 0.1) is 18.1 Å². The molecule has 3 saturated carbocycles. The van der Waals surface area contributed by atoms with Gasteiger partial charge in [-0.2, -0.15) is 4.98 Å². The Labute approximate surface area is 247 Å². The van der Waals surface area contributed by atoms with Crippen LogP contribution in [-0.2, 0) is 20.1 Å². The Balaban J connectivity index is 1.22. The number of hydrogen-bond donors (Lipinski definition) is 1. The van der Waals surface area contributed by atoms with Crippen LogP contribution in [0.4, 0.5) is 0 Å². The maximum absolute atomic E-state index is 14.4. The molecule has 0 amide bonds. The van der Waals surface area contributed by atoms with Crippen molar-refractivity contribution < 1.29 is 33.1 Å². The summed E-state index contributed by atoms with van der Waals surface area (Å²) in [6.07, 6.45) is 8.36. The Kier molecular flexibility index (Phi) is 6.51. The molecule has 220 valence electrons. The van der Waals surface area contributed by atoms with Crippen molar-refractivity contribution in [3.05, 3.63) is 60.0 Å². The van der Waals surface area contributed by atoms with Gasteiger partial charge in [0.15, 0.2) is 22.6 Å². The Hall–Kier alpha value is -3.24. The van der Waals surface area contributed by atoms with Gasteiger partial charge in [0.25, 0.3) is 0 Å². The van der Waals surface area contributed by atoms with Crippen molar-refractivity contribution in [2.45, 2.75) is 76.3 Å². The van der Waals surface area contributed by atoms with Crippen molar-refractivity contribution in [1.29, 1.82) is 0 Å². The molecule has 0 aliphatic heterocycles. The van der Waals surface area contributed by atoms with Crippen molar-refractivity contribution in [2.24, 2.45) is 28.6 Å². The Morgan fingerprint density at radius 1 is 1.17 bits per heavy atom. The standard InChI is InChI=1S/C32H34N2O7S/c1-30-11-9-19(35)15-18(30)7-8-20-21-10-12-32(31(21,2)16-22(36)26(20)30,41-28(37)24-6-4-14-39-24)29(38)42-17-25-34-27-23(40-25)5-3-13-33-27/h3-6,13-15,20-22,26,36H,7-12,16-17H2,1-2H3/t20?,21?,22-,26?,30?,31?,32-/m0/s1. The van der Waals surface area contributed by atoms with E-state index in [1.165, 1.54) is 12.3 Å². The molecule has 3 fully saturated rings. The molecular weight excluding hydrogens is 556 g/mol. The van der Waals surface area contributed by atoms with Gasteiger partial charge in [0.2, 0.25) is 16.8 Å². The number of aliphatic hydroxyl groups excluding tert-OH is 1. The Bertz CT molecular complexity index is 1560. The molecule has 0 radical (unpaired) electrons. The number of esters is 1. The summed E-state index contributed by atoms with van der Waals surface area (Å²) in [7, 11) is 0. The van der Waals surface area contributed by atoms with Gasteiger partial charge in [-0.25, -0.2) is 9.78 Å². The van der Waals surface area contributed by atoms with Crippen LogP contribution in [0.1, 0.15) is 75.2 Å². The lowest BCUT2D eigenvalue weighted by molar-refractivity contribution is -0.176. The second-order valence-corrected chi connectivity index (χ2v) is 13.8. The number of carbonyl (C=O) groups is 3. The van der Waals surface area contributed by atoms with E-state index in [2.05, 4.69) is 16.9 Å². The molecule has 3 heterocycles. The van der Waals surface area contributed by atoms with E-state index in [0.717, 1.165) is 36.6 Å². The van der Waals surface area contributed by atoms with Crippen LogP contribution in [0, 0.1) is 28.6 Å². The number of rotatable bonds is 5. The summed E-state index contributed by atoms with van der Waals surface area (Å²) in [6.45, 7) is 4.21. The number of ketones is 1. The number of ether oxygens (including phenoxy) is 1. The van der Waals surface area contributed by atoms with E-state index in [0.29, 0.717) is 42.8 Å². The number of pyridine rings is 1. The van der Waals surface area contributed by atoms with E-state index in [1.54, 1.807) is 24.4 Å². The molecule has 7 atom stereocenters. The average Bonchev–Trinajstić information content (AvgIpc) is 3.70. The Morgan fingerprint density at radius 2 is 2.02 bits per heavy atom. The molecule has 4 aliphatic carbocycles. The van der Waals surface area contributed by atoms with Crippen LogP contribution in [0.15, 0.2) is 57.2 Å². The number of oxazole rings is 1. The van der Waals surface area contributed by atoms with Crippen molar-refractivity contribution >= 4 is 39.9 Å². The average molecular weight is 591 g/mol. The zero-order chi connectivity index (χ0) is 29.3. The van der Waals surface area contributed by atoms with E-state index in [-0.39, 0.29) is 45.6 Å². The maximum atomic E-state index is 14.4. The molecule has 0 saturated heterocycles. The first-order valence-corrected chi connectivity index (χ1v) is 15.7. The number of allylic oxidation sites excluding steroid dienone is 1. The quantitative estimate of drug-likeness (QED) is 0.370. The van der Waals surface area contributed by atoms with Gasteiger partial charge in [-0.1, -0.05) is 31.2 Å². The molecule has 10 heteroatoms. The summed E-state index contributed by atoms with van der Waals surface area (Å²) < 4.78 is 17.4. The molecular formula is C32H34N2O7S. The third-order valence-electron chi connectivity index (χ3n) is 10.9. The first-order chi connectivity index (χ1) is 20.1. The molecule has 3 aromatic heterocycles. The van der Waals surface area contributed by atoms with Crippen molar-refractivity contribution in [1.82, 2.24) is 9.97 Å². The molecule has 4 aliphatic rings. The van der Waals surface area contributed by atoms with E-state index in [1.807, 2.05) is 13.0 Å². The minimum atomic E-state index is -1.47. The number of hydrogen-bond acceptors (Lipinski definition) is 10. The fourth-order valence-corrected chi connectivity index (χ4v) is 9.93. The highest BCUT2D eigenvalue weighted by Crippen LogP contribution is 2.69. The molecule has 0 bridgehead atoms. The zero-order valence-corrected chi connectivity index (χ0v) is 24.5. The molecule has 42 heavy (non-hydrogen) atoms. The van der Waals surface area contributed by atoms with E-state index < -0.39 is 23.1 Å². The van der Waals surface area contributed by atoms with Crippen molar-refractivity contribution in [3.63, 3.8) is 0 Å². The van der Waals surface area contributed by atoms with Gasteiger partial charge in [-0.15, -0.1) is 0 Å². The predicted octanol–water partition coefficient (Wildman–Crippen LogP) is 5.67. The van der Waals surface area contributed by atoms with Crippen LogP contribution >= 0.6 is 11.8 Å². The molecule has 0 aromatic carbocycles. The number of aliphatic hydroxyl groups is 1. The third kappa shape index (κ3) is 4.05. The van der Waals surface area contributed by atoms with E-state index in [4.69, 9.17) is 13.6 Å². The summed E-state index contributed by atoms with van der Waals surface area (Å²) >= 11 is 1.02. The number of furan rings is 1. The van der Waals surface area contributed by atoms with Gasteiger partial charge >= 0.3 is 5.97 Å². The van der Waals surface area contributed by atoms with Gasteiger partial charge in [-0.05, 0) is 92.0 Å². The highest BCUT2D eigenvalue weighted by molar-refractivity contribution is 8.13. The summed E-state index contributed by atoms with van der Waals surface area (Å²) in [5.41, 5.74) is -0.370. The lowest BCUT2D eigenvalue weighted by Gasteiger charge is -2.60. The van der Waals surface area contributed by atoms with Gasteiger partial charge in [-0.3, -0.25) is 9.59 Å². The van der Waals surface area contributed by atoms with Gasteiger partial charge in [0.1, 0.15) is 0 Å². The van der Waals surface area contributed by atoms with Crippen LogP contribution in [0.2, 0.25) is 0 Å². The predicted molar refractivity (Wildman–Crippen MR) is 153 cm³/mol. The number of nitrogens with zero attached hydrogens (tertiary/aromatic N) is 2. The highest BCUT2D eigenvalue weighted by Gasteiger charge is 2.70. The first kappa shape index (κ1) is 27.6. The molecule has 0 spiro atoms. The number of aromatic nitrogens is 2. The minimum absolute atomic E-state index is 0.0183. The normalized spacial score (nSPS) is 35.7. The van der Waals surface area contributed by atoms with Crippen molar-refractivity contribution in [3.8, 4) is 0 Å². The molecule has 1 N–H and O–H groups in total. The second-order valence-electron chi connectivity index (χ2n) is 12.8. The van der Waals surface area contributed by atoms with Crippen molar-refractivity contribution in [2.75, 3.05) is 0 Å². The molecule has 9 nitrogen and oxygen atoms in total. The summed E-state index contributed by atoms with van der Waals surface area (Å²) in [5.74, 6) is 0.210. The summed E-state index contributed by atoms with van der Waals surface area (Å²) in [6, 6.07) is 6.67. The molecule has 7 rings (SSSR count). The number of carbonyl (C=O) groups excluding carboxylic acids is 3. The number of thioether (sulfide) groups is 1. The third-order valence-corrected chi connectivity index (χ3v) is 11.9. The minimum Gasteiger partial charge on any atom is -0.457 e. The fourth-order valence-electron chi connectivity index (χ4n) is 8.94. The van der Waals surface area contributed by atoms with Crippen LogP contribution in [0.25, 0.3) is 11.2 Å². The van der Waals surface area contributed by atoms with Gasteiger partial charge < -0.3 is 18.7 Å². The van der Waals surface area contributed by atoms with E-state index in [9.17, 15) is 19.5 Å². The monoisotopic (exact) mass is 590 g/mol. The summed E-state index contributed by atoms with van der Waals surface area (Å²) in [4.78, 5) is 48.6. The number of fused-ring (bicyclic) bond motifs is 6. The van der Waals surface area contributed by atoms with Crippen LogP contribution < -0.4 is 0 Å². The van der Waals surface area contributed by atoms with Crippen LogP contribution in [-0.4, -0.2) is 43.6 Å². The summed E-state index contributed by atoms with van der Waals surface area (Å²) in [5, 5.41) is 11.6. The lowest BCUT2D eigenvalue weighted by Crippen LogP contribution is -2.62. The Morgan fingerprint density at radius 3 is 2.81 bits per heavy atom. The molecule has 3 aromatic rings. The topological polar surface area (TPSA) is 133 Å². The smallest absolute Gasteiger partial charge is 0.375 e.